The molecule has 1 atom stereocenters. The Morgan fingerprint density at radius 2 is 1.58 bits per heavy atom. The number of rotatable bonds is 3. The fraction of sp³-hybridized carbons (Fsp3) is 0.867. The molecular formula is C15H30N2O2. The van der Waals surface area contributed by atoms with Crippen molar-refractivity contribution in [1.82, 2.24) is 10.2 Å². The van der Waals surface area contributed by atoms with E-state index in [1.54, 1.807) is 0 Å². The quantitative estimate of drug-likeness (QED) is 0.802. The largest absolute Gasteiger partial charge is 0.315 e. The van der Waals surface area contributed by atoms with Crippen molar-refractivity contribution < 1.29 is 9.59 Å². The molecule has 0 saturated carbocycles. The first-order valence-corrected chi connectivity index (χ1v) is 7.28. The maximum Gasteiger partial charge on any atom is 0.229 e. The van der Waals surface area contributed by atoms with Gasteiger partial charge in [-0.3, -0.25) is 14.5 Å². The van der Waals surface area contributed by atoms with E-state index in [1.165, 1.54) is 11.3 Å². The average molecular weight is 270 g/mol. The number of carbonyl (C=O) groups is 2. The Bertz CT molecular complexity index is 279. The molecule has 0 aliphatic carbocycles. The molecule has 1 aliphatic rings. The highest BCUT2D eigenvalue weighted by Crippen LogP contribution is 2.22. The fourth-order valence-corrected chi connectivity index (χ4v) is 1.98. The van der Waals surface area contributed by atoms with Crippen LogP contribution in [0.3, 0.4) is 0 Å². The number of piperidine rings is 1. The highest BCUT2D eigenvalue weighted by Gasteiger charge is 2.32. The SMILES string of the molecule is CCC.CNC(CN1C(=O)CCCC1=O)C(C)(C)C. The Balaban J connectivity index is 0.000000982. The molecule has 4 nitrogen and oxygen atoms in total. The van der Waals surface area contributed by atoms with Gasteiger partial charge in [0.1, 0.15) is 0 Å². The standard InChI is InChI=1S/C12H22N2O2.C3H8/c1-12(2,3)9(13-4)8-14-10(15)6-5-7-11(14)16;1-3-2/h9,13H,5-8H2,1-4H3;3H2,1-2H3. The Morgan fingerprint density at radius 3 is 1.89 bits per heavy atom. The zero-order chi connectivity index (χ0) is 15.1. The topological polar surface area (TPSA) is 49.4 Å². The summed E-state index contributed by atoms with van der Waals surface area (Å²) in [7, 11) is 1.87. The van der Waals surface area contributed by atoms with Gasteiger partial charge in [0.05, 0.1) is 0 Å². The van der Waals surface area contributed by atoms with Gasteiger partial charge in [-0.25, -0.2) is 0 Å². The molecule has 19 heavy (non-hydrogen) atoms. The van der Waals surface area contributed by atoms with Gasteiger partial charge in [-0.1, -0.05) is 41.0 Å². The van der Waals surface area contributed by atoms with Gasteiger partial charge in [0.15, 0.2) is 0 Å². The van der Waals surface area contributed by atoms with Crippen molar-refractivity contribution in [2.24, 2.45) is 5.41 Å². The minimum atomic E-state index is -0.0271. The number of likely N-dealkylation sites (N-methyl/N-ethyl adjacent to an activating group) is 1. The van der Waals surface area contributed by atoms with Crippen LogP contribution in [-0.4, -0.2) is 36.3 Å². The third-order valence-corrected chi connectivity index (χ3v) is 3.14. The summed E-state index contributed by atoms with van der Waals surface area (Å²) in [5.74, 6) is -0.0542. The highest BCUT2D eigenvalue weighted by molar-refractivity contribution is 5.97. The lowest BCUT2D eigenvalue weighted by Gasteiger charge is -2.35. The van der Waals surface area contributed by atoms with Gasteiger partial charge in [-0.2, -0.15) is 0 Å². The lowest BCUT2D eigenvalue weighted by Crippen LogP contribution is -2.51. The first-order valence-electron chi connectivity index (χ1n) is 7.28. The Hall–Kier alpha value is -0.900. The van der Waals surface area contributed by atoms with E-state index >= 15 is 0 Å². The molecule has 1 heterocycles. The third kappa shape index (κ3) is 6.19. The second-order valence-electron chi connectivity index (χ2n) is 6.17. The normalized spacial score (nSPS) is 17.9. The van der Waals surface area contributed by atoms with Crippen LogP contribution in [0.4, 0.5) is 0 Å². The minimum Gasteiger partial charge on any atom is -0.315 e. The molecule has 2 amide bonds. The summed E-state index contributed by atoms with van der Waals surface area (Å²) in [6, 6.07) is 0.137. The van der Waals surface area contributed by atoms with E-state index in [4.69, 9.17) is 0 Å². The van der Waals surface area contributed by atoms with Crippen LogP contribution in [0.25, 0.3) is 0 Å². The van der Waals surface area contributed by atoms with Crippen LogP contribution < -0.4 is 5.32 Å². The van der Waals surface area contributed by atoms with Crippen LogP contribution in [0.5, 0.6) is 0 Å². The van der Waals surface area contributed by atoms with Gasteiger partial charge in [0.2, 0.25) is 11.8 Å². The molecule has 112 valence electrons. The summed E-state index contributed by atoms with van der Waals surface area (Å²) >= 11 is 0. The van der Waals surface area contributed by atoms with Crippen molar-refractivity contribution in [3.8, 4) is 0 Å². The van der Waals surface area contributed by atoms with Crippen molar-refractivity contribution in [1.29, 1.82) is 0 Å². The molecule has 0 spiro atoms. The van der Waals surface area contributed by atoms with E-state index in [-0.39, 0.29) is 23.3 Å². The molecule has 0 radical (unpaired) electrons. The zero-order valence-electron chi connectivity index (χ0n) is 13.4. The molecule has 0 bridgehead atoms. The van der Waals surface area contributed by atoms with Crippen LogP contribution in [0.1, 0.15) is 60.3 Å². The Labute approximate surface area is 117 Å². The number of hydrogen-bond donors (Lipinski definition) is 1. The minimum absolute atomic E-state index is 0.0271. The van der Waals surface area contributed by atoms with Gasteiger partial charge < -0.3 is 5.32 Å². The van der Waals surface area contributed by atoms with Crippen molar-refractivity contribution in [2.45, 2.75) is 66.3 Å². The number of nitrogens with zero attached hydrogens (tertiary/aromatic N) is 1. The third-order valence-electron chi connectivity index (χ3n) is 3.14. The van der Waals surface area contributed by atoms with Crippen molar-refractivity contribution in [3.63, 3.8) is 0 Å². The van der Waals surface area contributed by atoms with Crippen LogP contribution in [0.15, 0.2) is 0 Å². The fourth-order valence-electron chi connectivity index (χ4n) is 1.98. The van der Waals surface area contributed by atoms with Gasteiger partial charge in [-0.15, -0.1) is 0 Å². The second-order valence-corrected chi connectivity index (χ2v) is 6.17. The van der Waals surface area contributed by atoms with E-state index in [0.29, 0.717) is 25.8 Å². The summed E-state index contributed by atoms with van der Waals surface area (Å²) < 4.78 is 0. The molecule has 4 heteroatoms. The predicted octanol–water partition coefficient (Wildman–Crippen LogP) is 2.58. The van der Waals surface area contributed by atoms with Crippen LogP contribution in [0, 0.1) is 5.41 Å². The van der Waals surface area contributed by atoms with Crippen molar-refractivity contribution in [2.75, 3.05) is 13.6 Å². The molecule has 0 aromatic heterocycles. The molecule has 1 fully saturated rings. The Morgan fingerprint density at radius 1 is 1.16 bits per heavy atom. The van der Waals surface area contributed by atoms with Gasteiger partial charge in [0, 0.05) is 25.4 Å². The summed E-state index contributed by atoms with van der Waals surface area (Å²) in [4.78, 5) is 24.7. The lowest BCUT2D eigenvalue weighted by molar-refractivity contribution is -0.148. The van der Waals surface area contributed by atoms with E-state index in [9.17, 15) is 9.59 Å². The van der Waals surface area contributed by atoms with E-state index in [2.05, 4.69) is 39.9 Å². The van der Waals surface area contributed by atoms with E-state index < -0.39 is 0 Å². The number of nitrogens with one attached hydrogen (secondary N) is 1. The molecule has 1 saturated heterocycles. The molecule has 0 aromatic carbocycles. The molecule has 0 aromatic rings. The first-order chi connectivity index (χ1) is 8.77. The smallest absolute Gasteiger partial charge is 0.229 e. The number of likely N-dealkylation sites (tertiary alicyclic amines) is 1. The summed E-state index contributed by atoms with van der Waals surface area (Å²) in [6.45, 7) is 11.0. The molecule has 1 N–H and O–H groups in total. The van der Waals surface area contributed by atoms with Crippen molar-refractivity contribution in [3.05, 3.63) is 0 Å². The number of hydrogen-bond acceptors (Lipinski definition) is 3. The maximum atomic E-state index is 11.7. The van der Waals surface area contributed by atoms with E-state index in [0.717, 1.165) is 0 Å². The summed E-state index contributed by atoms with van der Waals surface area (Å²) in [5, 5.41) is 3.18. The van der Waals surface area contributed by atoms with Crippen LogP contribution in [-0.2, 0) is 9.59 Å². The first kappa shape index (κ1) is 18.1. The van der Waals surface area contributed by atoms with Gasteiger partial charge in [0.25, 0.3) is 0 Å². The monoisotopic (exact) mass is 270 g/mol. The molecule has 1 aliphatic heterocycles. The number of amides is 2. The number of carbonyl (C=O) groups excluding carboxylic acids is 2. The maximum absolute atomic E-state index is 11.7. The van der Waals surface area contributed by atoms with Gasteiger partial charge >= 0.3 is 0 Å². The molecule has 1 unspecified atom stereocenters. The average Bonchev–Trinajstić information content (AvgIpc) is 2.28. The van der Waals surface area contributed by atoms with E-state index in [1.807, 2.05) is 7.05 Å². The summed E-state index contributed by atoms with van der Waals surface area (Å²) in [5.41, 5.74) is 0.0345. The predicted molar refractivity (Wildman–Crippen MR) is 78.8 cm³/mol. The number of imide groups is 1. The summed E-state index contributed by atoms with van der Waals surface area (Å²) in [6.07, 6.45) is 2.96. The zero-order valence-corrected chi connectivity index (χ0v) is 13.4. The molecule has 1 rings (SSSR count). The van der Waals surface area contributed by atoms with Gasteiger partial charge in [-0.05, 0) is 18.9 Å². The highest BCUT2D eigenvalue weighted by atomic mass is 16.2. The molecular weight excluding hydrogens is 240 g/mol. The van der Waals surface area contributed by atoms with Crippen molar-refractivity contribution >= 4 is 11.8 Å². The van der Waals surface area contributed by atoms with Crippen LogP contribution in [0.2, 0.25) is 0 Å². The Kier molecular flexibility index (Phi) is 7.91. The lowest BCUT2D eigenvalue weighted by atomic mass is 9.86. The second kappa shape index (κ2) is 8.31. The van der Waals surface area contributed by atoms with Crippen LogP contribution >= 0.6 is 0 Å².